The first-order valence-corrected chi connectivity index (χ1v) is 6.86. The van der Waals surface area contributed by atoms with E-state index in [1.165, 1.54) is 0 Å². The fourth-order valence-corrected chi connectivity index (χ4v) is 2.29. The normalized spacial score (nSPS) is 17.1. The molecule has 18 heavy (non-hydrogen) atoms. The maximum atomic E-state index is 12.2. The van der Waals surface area contributed by atoms with E-state index in [0.717, 1.165) is 44.6 Å². The van der Waals surface area contributed by atoms with Gasteiger partial charge in [0.2, 0.25) is 5.91 Å². The summed E-state index contributed by atoms with van der Waals surface area (Å²) in [5.41, 5.74) is 1.03. The molecule has 0 bridgehead atoms. The monoisotopic (exact) mass is 266 g/mol. The second-order valence-corrected chi connectivity index (χ2v) is 5.08. The van der Waals surface area contributed by atoms with Crippen molar-refractivity contribution in [3.05, 3.63) is 34.9 Å². The standard InChI is InChI=1S/C14H19ClN2O/c15-13-5-3-12(4-6-13)11-14(18)17-9-1-7-16-8-2-10-17/h3-6,16H,1-2,7-11H2. The van der Waals surface area contributed by atoms with Gasteiger partial charge in [0.15, 0.2) is 0 Å². The van der Waals surface area contributed by atoms with E-state index >= 15 is 0 Å². The summed E-state index contributed by atoms with van der Waals surface area (Å²) < 4.78 is 0. The molecule has 1 fully saturated rings. The first-order chi connectivity index (χ1) is 8.75. The summed E-state index contributed by atoms with van der Waals surface area (Å²) in [4.78, 5) is 14.2. The van der Waals surface area contributed by atoms with Gasteiger partial charge < -0.3 is 10.2 Å². The molecular formula is C14H19ClN2O. The molecule has 98 valence electrons. The minimum absolute atomic E-state index is 0.222. The summed E-state index contributed by atoms with van der Waals surface area (Å²) in [5, 5.41) is 4.06. The summed E-state index contributed by atoms with van der Waals surface area (Å²) in [6, 6.07) is 7.51. The highest BCUT2D eigenvalue weighted by atomic mass is 35.5. The summed E-state index contributed by atoms with van der Waals surface area (Å²) in [6.07, 6.45) is 2.54. The molecule has 1 saturated heterocycles. The Morgan fingerprint density at radius 2 is 1.78 bits per heavy atom. The average Bonchev–Trinajstić information content (AvgIpc) is 2.31. The van der Waals surface area contributed by atoms with Crippen molar-refractivity contribution in [2.24, 2.45) is 0 Å². The Hall–Kier alpha value is -1.06. The van der Waals surface area contributed by atoms with Gasteiger partial charge in [0, 0.05) is 18.1 Å². The maximum absolute atomic E-state index is 12.2. The van der Waals surface area contributed by atoms with E-state index in [2.05, 4.69) is 5.32 Å². The Morgan fingerprint density at radius 3 is 2.39 bits per heavy atom. The highest BCUT2D eigenvalue weighted by Gasteiger charge is 2.14. The summed E-state index contributed by atoms with van der Waals surface area (Å²) >= 11 is 5.83. The highest BCUT2D eigenvalue weighted by Crippen LogP contribution is 2.11. The van der Waals surface area contributed by atoms with E-state index in [1.807, 2.05) is 29.2 Å². The number of nitrogens with zero attached hydrogens (tertiary/aromatic N) is 1. The Labute approximate surface area is 113 Å². The van der Waals surface area contributed by atoms with Crippen LogP contribution in [0.2, 0.25) is 5.02 Å². The minimum Gasteiger partial charge on any atom is -0.342 e. The van der Waals surface area contributed by atoms with Gasteiger partial charge in [0.1, 0.15) is 0 Å². The van der Waals surface area contributed by atoms with E-state index in [4.69, 9.17) is 11.6 Å². The largest absolute Gasteiger partial charge is 0.342 e. The lowest BCUT2D eigenvalue weighted by Crippen LogP contribution is -2.38. The Bertz CT molecular complexity index is 383. The number of amides is 1. The van der Waals surface area contributed by atoms with Crippen LogP contribution in [0.15, 0.2) is 24.3 Å². The van der Waals surface area contributed by atoms with E-state index in [9.17, 15) is 4.79 Å². The van der Waals surface area contributed by atoms with Crippen LogP contribution < -0.4 is 5.32 Å². The molecule has 2 rings (SSSR count). The van der Waals surface area contributed by atoms with Crippen LogP contribution in [-0.2, 0) is 11.2 Å². The van der Waals surface area contributed by atoms with Crippen LogP contribution in [0, 0.1) is 0 Å². The molecule has 1 aromatic carbocycles. The van der Waals surface area contributed by atoms with E-state index < -0.39 is 0 Å². The van der Waals surface area contributed by atoms with Crippen LogP contribution in [0.1, 0.15) is 18.4 Å². The number of carbonyl (C=O) groups is 1. The van der Waals surface area contributed by atoms with E-state index in [1.54, 1.807) is 0 Å². The van der Waals surface area contributed by atoms with Crippen LogP contribution in [0.5, 0.6) is 0 Å². The summed E-state index contributed by atoms with van der Waals surface area (Å²) in [5.74, 6) is 0.222. The molecule has 0 atom stereocenters. The predicted molar refractivity (Wildman–Crippen MR) is 73.8 cm³/mol. The quantitative estimate of drug-likeness (QED) is 0.889. The molecule has 1 heterocycles. The van der Waals surface area contributed by atoms with Gasteiger partial charge >= 0.3 is 0 Å². The Morgan fingerprint density at radius 1 is 1.17 bits per heavy atom. The number of benzene rings is 1. The molecule has 1 amide bonds. The van der Waals surface area contributed by atoms with Crippen LogP contribution in [-0.4, -0.2) is 37.0 Å². The molecule has 3 nitrogen and oxygen atoms in total. The lowest BCUT2D eigenvalue weighted by atomic mass is 10.1. The number of halogens is 1. The van der Waals surface area contributed by atoms with Gasteiger partial charge in [-0.2, -0.15) is 0 Å². The van der Waals surface area contributed by atoms with E-state index in [0.29, 0.717) is 11.4 Å². The predicted octanol–water partition coefficient (Wildman–Crippen LogP) is 2.09. The van der Waals surface area contributed by atoms with Gasteiger partial charge in [-0.25, -0.2) is 0 Å². The number of hydrogen-bond acceptors (Lipinski definition) is 2. The van der Waals surface area contributed by atoms with Crippen LogP contribution in [0.25, 0.3) is 0 Å². The lowest BCUT2D eigenvalue weighted by molar-refractivity contribution is -0.130. The van der Waals surface area contributed by atoms with Crippen molar-refractivity contribution in [2.75, 3.05) is 26.2 Å². The maximum Gasteiger partial charge on any atom is 0.226 e. The molecule has 0 spiro atoms. The topological polar surface area (TPSA) is 32.3 Å². The Kier molecular flexibility index (Phi) is 5.02. The van der Waals surface area contributed by atoms with Crippen LogP contribution >= 0.6 is 11.6 Å². The van der Waals surface area contributed by atoms with Crippen LogP contribution in [0.3, 0.4) is 0 Å². The molecule has 0 aliphatic carbocycles. The van der Waals surface area contributed by atoms with Gasteiger partial charge in [-0.05, 0) is 43.6 Å². The average molecular weight is 267 g/mol. The molecule has 1 aromatic rings. The first-order valence-electron chi connectivity index (χ1n) is 6.48. The smallest absolute Gasteiger partial charge is 0.226 e. The van der Waals surface area contributed by atoms with Crippen molar-refractivity contribution < 1.29 is 4.79 Å². The van der Waals surface area contributed by atoms with Crippen LogP contribution in [0.4, 0.5) is 0 Å². The van der Waals surface area contributed by atoms with Gasteiger partial charge in [0.25, 0.3) is 0 Å². The second-order valence-electron chi connectivity index (χ2n) is 4.64. The van der Waals surface area contributed by atoms with Crippen molar-refractivity contribution in [1.82, 2.24) is 10.2 Å². The van der Waals surface area contributed by atoms with E-state index in [-0.39, 0.29) is 5.91 Å². The lowest BCUT2D eigenvalue weighted by Gasteiger charge is -2.25. The third-order valence-corrected chi connectivity index (χ3v) is 3.44. The van der Waals surface area contributed by atoms with Crippen molar-refractivity contribution in [3.8, 4) is 0 Å². The Balaban J connectivity index is 1.91. The van der Waals surface area contributed by atoms with Crippen molar-refractivity contribution in [1.29, 1.82) is 0 Å². The SMILES string of the molecule is O=C(Cc1ccc(Cl)cc1)N1CCCNCCC1. The fourth-order valence-electron chi connectivity index (χ4n) is 2.16. The molecule has 1 N–H and O–H groups in total. The van der Waals surface area contributed by atoms with Crippen molar-refractivity contribution in [3.63, 3.8) is 0 Å². The molecule has 0 aromatic heterocycles. The third kappa shape index (κ3) is 4.00. The zero-order chi connectivity index (χ0) is 12.8. The zero-order valence-electron chi connectivity index (χ0n) is 10.5. The number of rotatable bonds is 2. The number of hydrogen-bond donors (Lipinski definition) is 1. The second kappa shape index (κ2) is 6.76. The van der Waals surface area contributed by atoms with Crippen molar-refractivity contribution in [2.45, 2.75) is 19.3 Å². The first kappa shape index (κ1) is 13.4. The molecular weight excluding hydrogens is 248 g/mol. The van der Waals surface area contributed by atoms with Gasteiger partial charge in [-0.3, -0.25) is 4.79 Å². The highest BCUT2D eigenvalue weighted by molar-refractivity contribution is 6.30. The number of nitrogens with one attached hydrogen (secondary N) is 1. The van der Waals surface area contributed by atoms with Gasteiger partial charge in [-0.1, -0.05) is 23.7 Å². The molecule has 1 aliphatic rings. The van der Waals surface area contributed by atoms with Crippen molar-refractivity contribution >= 4 is 17.5 Å². The summed E-state index contributed by atoms with van der Waals surface area (Å²) in [6.45, 7) is 3.73. The minimum atomic E-state index is 0.222. The number of carbonyl (C=O) groups excluding carboxylic acids is 1. The van der Waals surface area contributed by atoms with Gasteiger partial charge in [0.05, 0.1) is 6.42 Å². The molecule has 0 unspecified atom stereocenters. The zero-order valence-corrected chi connectivity index (χ0v) is 11.2. The molecule has 0 radical (unpaired) electrons. The molecule has 0 saturated carbocycles. The molecule has 1 aliphatic heterocycles. The fraction of sp³-hybridized carbons (Fsp3) is 0.500. The summed E-state index contributed by atoms with van der Waals surface area (Å²) in [7, 11) is 0. The molecule has 4 heteroatoms. The third-order valence-electron chi connectivity index (χ3n) is 3.18. The van der Waals surface area contributed by atoms with Gasteiger partial charge in [-0.15, -0.1) is 0 Å².